The first kappa shape index (κ1) is 12.6. The minimum absolute atomic E-state index is 0. The first-order valence-electron chi connectivity index (χ1n) is 3.84. The van der Waals surface area contributed by atoms with Gasteiger partial charge in [-0.05, 0) is 6.07 Å². The highest BCUT2D eigenvalue weighted by Gasteiger charge is 2.34. The molecule has 1 amide bonds. The summed E-state index contributed by atoms with van der Waals surface area (Å²) in [7, 11) is 0. The summed E-state index contributed by atoms with van der Waals surface area (Å²) in [6.45, 7) is 0. The molecule has 8 heteroatoms. The molecule has 1 aliphatic rings. The summed E-state index contributed by atoms with van der Waals surface area (Å²) in [6, 6.07) is 2.61. The number of rotatable bonds is 1. The Kier molecular flexibility index (Phi) is 3.30. The molecule has 1 heterocycles. The molecule has 16 heavy (non-hydrogen) atoms. The Bertz CT molecular complexity index is 517. The van der Waals surface area contributed by atoms with Gasteiger partial charge in [-0.3, -0.25) is 19.7 Å². The van der Waals surface area contributed by atoms with Gasteiger partial charge >= 0.3 is 0 Å². The molecule has 0 aliphatic carbocycles. The van der Waals surface area contributed by atoms with E-state index in [0.29, 0.717) is 4.47 Å². The molecule has 2 rings (SSSR count). The van der Waals surface area contributed by atoms with Crippen molar-refractivity contribution < 1.29 is 14.5 Å². The highest BCUT2D eigenvalue weighted by atomic mass is 79.9. The number of nitro groups is 1. The fourth-order valence-corrected chi connectivity index (χ4v) is 1.79. The Morgan fingerprint density at radius 1 is 1.31 bits per heavy atom. The number of carbonyl (C=O) groups excluding carboxylic acids is 2. The van der Waals surface area contributed by atoms with E-state index in [4.69, 9.17) is 0 Å². The van der Waals surface area contributed by atoms with E-state index in [0.717, 1.165) is 0 Å². The predicted octanol–water partition coefficient (Wildman–Crippen LogP) is 1.91. The van der Waals surface area contributed by atoms with E-state index in [-0.39, 0.29) is 29.3 Å². The number of carbonyl (C=O) groups is 2. The molecule has 1 aromatic carbocycles. The molecule has 0 radical (unpaired) electrons. The molecule has 1 N–H and O–H groups in total. The third-order valence-electron chi connectivity index (χ3n) is 1.97. The minimum Gasteiger partial charge on any atom is -0.313 e. The summed E-state index contributed by atoms with van der Waals surface area (Å²) < 4.78 is 0.387. The molecule has 1 aromatic rings. The van der Waals surface area contributed by atoms with Crippen molar-refractivity contribution in [2.75, 3.05) is 5.32 Å². The zero-order valence-corrected chi connectivity index (χ0v) is 9.92. The normalized spacial score (nSPS) is 12.8. The Hall–Kier alpha value is -1.47. The maximum atomic E-state index is 11.3. The van der Waals surface area contributed by atoms with Crippen molar-refractivity contribution in [1.29, 1.82) is 0 Å². The van der Waals surface area contributed by atoms with E-state index in [1.807, 2.05) is 0 Å². The van der Waals surface area contributed by atoms with E-state index in [1.165, 1.54) is 12.1 Å². The number of ketones is 1. The number of hydrogen-bond acceptors (Lipinski definition) is 4. The zero-order chi connectivity index (χ0) is 11.2. The Labute approximate surface area is 104 Å². The number of nitro benzene ring substituents is 1. The summed E-state index contributed by atoms with van der Waals surface area (Å²) in [5.41, 5.74) is -0.294. The van der Waals surface area contributed by atoms with Gasteiger partial charge in [0.1, 0.15) is 5.69 Å². The van der Waals surface area contributed by atoms with Crippen LogP contribution in [0.1, 0.15) is 10.4 Å². The molecule has 0 fully saturated rings. The summed E-state index contributed by atoms with van der Waals surface area (Å²) in [4.78, 5) is 32.3. The van der Waals surface area contributed by atoms with Crippen LogP contribution in [0.25, 0.3) is 0 Å². The molecule has 84 valence electrons. The number of Topliss-reactive ketones (excluding diaryl/α,β-unsaturated/α-hetero) is 1. The van der Waals surface area contributed by atoms with E-state index >= 15 is 0 Å². The van der Waals surface area contributed by atoms with Crippen LogP contribution in [0.15, 0.2) is 16.6 Å². The van der Waals surface area contributed by atoms with Crippen molar-refractivity contribution in [3.8, 4) is 0 Å². The smallest absolute Gasteiger partial charge is 0.297 e. The summed E-state index contributed by atoms with van der Waals surface area (Å²) in [6.07, 6.45) is 0. The molecule has 0 saturated carbocycles. The average Bonchev–Trinajstić information content (AvgIpc) is 2.43. The predicted molar refractivity (Wildman–Crippen MR) is 61.0 cm³/mol. The molecule has 0 spiro atoms. The summed E-state index contributed by atoms with van der Waals surface area (Å²) in [5.74, 6) is -1.60. The fraction of sp³-hybridized carbons (Fsp3) is 0. The zero-order valence-electron chi connectivity index (χ0n) is 7.52. The standard InChI is InChI=1S/C8H3BrN2O4.ClH/c9-3-1-4-6(5(2-3)11(14)15)10-8(13)7(4)12;/h1-2H,(H,10,12,13);1H. The van der Waals surface area contributed by atoms with Crippen LogP contribution in [0.4, 0.5) is 11.4 Å². The summed E-state index contributed by atoms with van der Waals surface area (Å²) >= 11 is 3.04. The van der Waals surface area contributed by atoms with Gasteiger partial charge in [-0.25, -0.2) is 0 Å². The molecule has 1 aliphatic heterocycles. The molecule has 0 aromatic heterocycles. The van der Waals surface area contributed by atoms with Crippen molar-refractivity contribution in [1.82, 2.24) is 0 Å². The highest BCUT2D eigenvalue weighted by Crippen LogP contribution is 2.35. The van der Waals surface area contributed by atoms with Crippen LogP contribution in [0.5, 0.6) is 0 Å². The average molecular weight is 307 g/mol. The number of nitrogens with zero attached hydrogens (tertiary/aromatic N) is 1. The van der Waals surface area contributed by atoms with Crippen molar-refractivity contribution in [3.05, 3.63) is 32.3 Å². The lowest BCUT2D eigenvalue weighted by Crippen LogP contribution is -2.12. The van der Waals surface area contributed by atoms with Crippen LogP contribution in [0, 0.1) is 10.1 Å². The topological polar surface area (TPSA) is 89.3 Å². The van der Waals surface area contributed by atoms with Gasteiger partial charge in [0.05, 0.1) is 10.5 Å². The lowest BCUT2D eigenvalue weighted by atomic mass is 10.1. The van der Waals surface area contributed by atoms with E-state index in [1.54, 1.807) is 0 Å². The Balaban J connectivity index is 0.00000128. The second-order valence-electron chi connectivity index (χ2n) is 2.89. The molecule has 6 nitrogen and oxygen atoms in total. The number of amides is 1. The van der Waals surface area contributed by atoms with Crippen LogP contribution in [-0.4, -0.2) is 16.6 Å². The molecule has 0 atom stereocenters. The van der Waals surface area contributed by atoms with Gasteiger partial charge < -0.3 is 5.32 Å². The SMILES string of the molecule is Cl.O=C1Nc2c(cc(Br)cc2[N+](=O)[O-])C1=O. The van der Waals surface area contributed by atoms with Gasteiger partial charge in [-0.1, -0.05) is 15.9 Å². The van der Waals surface area contributed by atoms with E-state index < -0.39 is 16.6 Å². The molecule has 0 saturated heterocycles. The highest BCUT2D eigenvalue weighted by molar-refractivity contribution is 9.10. The van der Waals surface area contributed by atoms with Crippen LogP contribution in [0.3, 0.4) is 0 Å². The molecular formula is C8H4BrClN2O4. The van der Waals surface area contributed by atoms with Crippen LogP contribution in [0.2, 0.25) is 0 Å². The van der Waals surface area contributed by atoms with Gasteiger partial charge in [0.2, 0.25) is 0 Å². The second-order valence-corrected chi connectivity index (χ2v) is 3.80. The third kappa shape index (κ3) is 1.79. The Morgan fingerprint density at radius 3 is 2.50 bits per heavy atom. The van der Waals surface area contributed by atoms with Crippen LogP contribution >= 0.6 is 28.3 Å². The molecular weight excluding hydrogens is 303 g/mol. The van der Waals surface area contributed by atoms with Crippen LogP contribution in [-0.2, 0) is 4.79 Å². The number of nitrogens with one attached hydrogen (secondary N) is 1. The fourth-order valence-electron chi connectivity index (χ4n) is 1.34. The quantitative estimate of drug-likeness (QED) is 0.487. The number of hydrogen-bond donors (Lipinski definition) is 1. The van der Waals surface area contributed by atoms with E-state index in [9.17, 15) is 19.7 Å². The number of anilines is 1. The number of halogens is 2. The van der Waals surface area contributed by atoms with Gasteiger partial charge in [-0.15, -0.1) is 12.4 Å². The maximum absolute atomic E-state index is 11.3. The van der Waals surface area contributed by atoms with Crippen molar-refractivity contribution in [2.24, 2.45) is 0 Å². The molecule has 0 unspecified atom stereocenters. The monoisotopic (exact) mass is 306 g/mol. The van der Waals surface area contributed by atoms with Crippen LogP contribution < -0.4 is 5.32 Å². The van der Waals surface area contributed by atoms with Gasteiger partial charge in [0, 0.05) is 10.5 Å². The lowest BCUT2D eigenvalue weighted by molar-refractivity contribution is -0.384. The van der Waals surface area contributed by atoms with E-state index in [2.05, 4.69) is 21.2 Å². The van der Waals surface area contributed by atoms with Gasteiger partial charge in [-0.2, -0.15) is 0 Å². The maximum Gasteiger partial charge on any atom is 0.297 e. The largest absolute Gasteiger partial charge is 0.313 e. The first-order valence-corrected chi connectivity index (χ1v) is 4.63. The Morgan fingerprint density at radius 2 is 1.94 bits per heavy atom. The summed E-state index contributed by atoms with van der Waals surface area (Å²) in [5, 5.41) is 12.8. The van der Waals surface area contributed by atoms with Crippen molar-refractivity contribution >= 4 is 51.4 Å². The van der Waals surface area contributed by atoms with Crippen molar-refractivity contribution in [3.63, 3.8) is 0 Å². The van der Waals surface area contributed by atoms with Gasteiger partial charge in [0.25, 0.3) is 17.4 Å². The second kappa shape index (κ2) is 4.18. The number of benzene rings is 1. The first-order chi connectivity index (χ1) is 7.00. The van der Waals surface area contributed by atoms with Crippen molar-refractivity contribution in [2.45, 2.75) is 0 Å². The molecule has 0 bridgehead atoms. The third-order valence-corrected chi connectivity index (χ3v) is 2.43. The minimum atomic E-state index is -0.841. The van der Waals surface area contributed by atoms with Gasteiger partial charge in [0.15, 0.2) is 0 Å². The number of fused-ring (bicyclic) bond motifs is 1. The lowest BCUT2D eigenvalue weighted by Gasteiger charge is -1.99.